The number of aromatic nitrogens is 3. The van der Waals surface area contributed by atoms with Crippen LogP contribution in [0, 0.1) is 0 Å². The fourth-order valence-electron chi connectivity index (χ4n) is 5.74. The largest absolute Gasteiger partial charge is 0.340 e. The molecule has 0 radical (unpaired) electrons. The topological polar surface area (TPSA) is 109 Å². The Morgan fingerprint density at radius 2 is 1.63 bits per heavy atom. The highest BCUT2D eigenvalue weighted by Crippen LogP contribution is 2.45. The highest BCUT2D eigenvalue weighted by Gasteiger charge is 2.52. The number of hydrogen-bond acceptors (Lipinski definition) is 6. The lowest BCUT2D eigenvalue weighted by molar-refractivity contribution is -0.130. The lowest BCUT2D eigenvalue weighted by Gasteiger charge is -2.34. The molecule has 13 heteroatoms. The number of piperazine rings is 1. The number of halogens is 2. The van der Waals surface area contributed by atoms with E-state index in [0.29, 0.717) is 15.7 Å². The molecular formula is C30H28Cl2N6O4S. The fraction of sp³-hybridized carbons (Fsp3) is 0.267. The van der Waals surface area contributed by atoms with E-state index in [2.05, 4.69) is 9.97 Å². The summed E-state index contributed by atoms with van der Waals surface area (Å²) in [6.07, 6.45) is 4.96. The van der Waals surface area contributed by atoms with Crippen LogP contribution >= 0.6 is 23.2 Å². The first-order valence-electron chi connectivity index (χ1n) is 13.6. The summed E-state index contributed by atoms with van der Waals surface area (Å²) in [6, 6.07) is 16.3. The van der Waals surface area contributed by atoms with Crippen LogP contribution in [0.2, 0.25) is 10.0 Å². The summed E-state index contributed by atoms with van der Waals surface area (Å²) in [5.41, 5.74) is 1.76. The molecule has 2 aliphatic rings. The second-order valence-corrected chi connectivity index (χ2v) is 13.6. The van der Waals surface area contributed by atoms with Crippen molar-refractivity contribution in [2.45, 2.75) is 30.8 Å². The highest BCUT2D eigenvalue weighted by atomic mass is 35.5. The minimum atomic E-state index is -4.09. The number of rotatable bonds is 6. The second-order valence-electron chi connectivity index (χ2n) is 10.8. The Morgan fingerprint density at radius 3 is 2.23 bits per heavy atom. The van der Waals surface area contributed by atoms with Crippen LogP contribution < -0.4 is 4.90 Å². The SMILES string of the molecule is CC(=O)N1CCN(S(=O)(=O)c2cnc3n2[C@](C)(Cc2ccc(-c4cccnc4)cc2)C(=O)N3c2cc(Cl)cc(Cl)c2)CC1. The molecule has 4 heterocycles. The van der Waals surface area contributed by atoms with E-state index in [1.54, 1.807) is 42.4 Å². The maximum absolute atomic E-state index is 14.4. The zero-order valence-corrected chi connectivity index (χ0v) is 25.8. The molecule has 2 aromatic carbocycles. The summed E-state index contributed by atoms with van der Waals surface area (Å²) in [5.74, 6) is -0.326. The number of hydrogen-bond donors (Lipinski definition) is 0. The lowest BCUT2D eigenvalue weighted by atomic mass is 9.91. The zero-order chi connectivity index (χ0) is 30.5. The number of benzene rings is 2. The van der Waals surface area contributed by atoms with Gasteiger partial charge < -0.3 is 4.90 Å². The number of anilines is 2. The standard InChI is InChI=1S/C30H28Cl2N6O4S/c1-20(39)35-10-12-36(13-11-35)43(41,42)27-19-34-29-37(26-15-24(31)14-25(32)16-26)28(40)30(2,38(27)29)17-21-5-7-22(8-6-21)23-4-3-9-33-18-23/h3-9,14-16,18-19H,10-13,17H2,1-2H3/t30-/m1/s1. The number of sulfonamides is 1. The van der Waals surface area contributed by atoms with Gasteiger partial charge in [0.2, 0.25) is 11.9 Å². The molecule has 0 N–H and O–H groups in total. The first kappa shape index (κ1) is 29.3. The van der Waals surface area contributed by atoms with Crippen LogP contribution in [-0.2, 0) is 31.6 Å². The van der Waals surface area contributed by atoms with Crippen molar-refractivity contribution in [3.8, 4) is 11.1 Å². The summed E-state index contributed by atoms with van der Waals surface area (Å²) < 4.78 is 31.0. The molecule has 1 saturated heterocycles. The van der Waals surface area contributed by atoms with Crippen molar-refractivity contribution >= 4 is 56.7 Å². The lowest BCUT2D eigenvalue weighted by Crippen LogP contribution is -2.50. The van der Waals surface area contributed by atoms with Gasteiger partial charge in [-0.3, -0.25) is 19.1 Å². The summed E-state index contributed by atoms with van der Waals surface area (Å²) in [6.45, 7) is 4.01. The van der Waals surface area contributed by atoms with Crippen molar-refractivity contribution in [2.24, 2.45) is 0 Å². The third-order valence-electron chi connectivity index (χ3n) is 7.96. The molecule has 43 heavy (non-hydrogen) atoms. The van der Waals surface area contributed by atoms with E-state index < -0.39 is 15.6 Å². The number of amides is 2. The van der Waals surface area contributed by atoms with E-state index in [1.807, 2.05) is 36.4 Å². The maximum Gasteiger partial charge on any atom is 0.260 e. The van der Waals surface area contributed by atoms with Crippen molar-refractivity contribution < 1.29 is 18.0 Å². The first-order chi connectivity index (χ1) is 20.5. The molecule has 1 atom stereocenters. The van der Waals surface area contributed by atoms with E-state index in [-0.39, 0.29) is 55.4 Å². The van der Waals surface area contributed by atoms with Gasteiger partial charge in [-0.15, -0.1) is 0 Å². The zero-order valence-electron chi connectivity index (χ0n) is 23.4. The summed E-state index contributed by atoms with van der Waals surface area (Å²) in [4.78, 5) is 37.8. The molecule has 0 saturated carbocycles. The van der Waals surface area contributed by atoms with Gasteiger partial charge >= 0.3 is 0 Å². The molecule has 2 amide bonds. The Hall–Kier alpha value is -3.77. The predicted molar refractivity (Wildman–Crippen MR) is 164 cm³/mol. The fourth-order valence-corrected chi connectivity index (χ4v) is 7.86. The summed E-state index contributed by atoms with van der Waals surface area (Å²) in [7, 11) is -4.09. The van der Waals surface area contributed by atoms with Crippen LogP contribution in [0.4, 0.5) is 11.6 Å². The van der Waals surface area contributed by atoms with Gasteiger partial charge in [0.25, 0.3) is 15.9 Å². The van der Waals surface area contributed by atoms with Crippen LogP contribution in [0.3, 0.4) is 0 Å². The molecule has 0 bridgehead atoms. The van der Waals surface area contributed by atoms with Gasteiger partial charge in [-0.2, -0.15) is 4.31 Å². The Kier molecular flexibility index (Phi) is 7.54. The van der Waals surface area contributed by atoms with Crippen molar-refractivity contribution in [3.63, 3.8) is 0 Å². The predicted octanol–water partition coefficient (Wildman–Crippen LogP) is 4.74. The highest BCUT2D eigenvalue weighted by molar-refractivity contribution is 7.89. The molecule has 2 aromatic heterocycles. The third-order valence-corrected chi connectivity index (χ3v) is 10.3. The van der Waals surface area contributed by atoms with Crippen LogP contribution in [0.25, 0.3) is 11.1 Å². The van der Waals surface area contributed by atoms with Crippen molar-refractivity contribution in [1.29, 1.82) is 0 Å². The van der Waals surface area contributed by atoms with Gasteiger partial charge in [-0.25, -0.2) is 18.3 Å². The van der Waals surface area contributed by atoms with Crippen molar-refractivity contribution in [2.75, 3.05) is 31.1 Å². The Labute approximate surface area is 259 Å². The maximum atomic E-state index is 14.4. The monoisotopic (exact) mass is 638 g/mol. The molecule has 0 unspecified atom stereocenters. The van der Waals surface area contributed by atoms with Crippen molar-refractivity contribution in [1.82, 2.24) is 23.7 Å². The molecule has 10 nitrogen and oxygen atoms in total. The minimum absolute atomic E-state index is 0.0998. The normalized spacial score (nSPS) is 19.1. The van der Waals surface area contributed by atoms with E-state index in [1.165, 1.54) is 26.9 Å². The molecule has 6 rings (SSSR count). The molecule has 0 spiro atoms. The van der Waals surface area contributed by atoms with Gasteiger partial charge in [0.1, 0.15) is 5.54 Å². The van der Waals surface area contributed by atoms with E-state index in [0.717, 1.165) is 16.7 Å². The second kappa shape index (κ2) is 11.1. The average molecular weight is 640 g/mol. The quantitative estimate of drug-likeness (QED) is 0.302. The third kappa shape index (κ3) is 5.20. The number of carbonyl (C=O) groups excluding carboxylic acids is 2. The Bertz CT molecular complexity index is 1800. The number of carbonyl (C=O) groups is 2. The van der Waals surface area contributed by atoms with Crippen LogP contribution in [-0.4, -0.2) is 70.2 Å². The van der Waals surface area contributed by atoms with Gasteiger partial charge in [0, 0.05) is 62.0 Å². The number of nitrogens with zero attached hydrogens (tertiary/aromatic N) is 6. The minimum Gasteiger partial charge on any atom is -0.340 e. The molecule has 0 aliphatic carbocycles. The molecule has 4 aromatic rings. The number of pyridine rings is 1. The van der Waals surface area contributed by atoms with Crippen LogP contribution in [0.5, 0.6) is 0 Å². The molecular weight excluding hydrogens is 611 g/mol. The van der Waals surface area contributed by atoms with Crippen LogP contribution in [0.15, 0.2) is 78.2 Å². The summed E-state index contributed by atoms with van der Waals surface area (Å²) in [5, 5.41) is 0.547. The average Bonchev–Trinajstić information content (AvgIpc) is 3.51. The van der Waals surface area contributed by atoms with Crippen LogP contribution in [0.1, 0.15) is 19.4 Å². The van der Waals surface area contributed by atoms with Gasteiger partial charge in [0.15, 0.2) is 5.03 Å². The molecule has 222 valence electrons. The van der Waals surface area contributed by atoms with E-state index >= 15 is 0 Å². The smallest absolute Gasteiger partial charge is 0.260 e. The summed E-state index contributed by atoms with van der Waals surface area (Å²) >= 11 is 12.6. The van der Waals surface area contributed by atoms with Gasteiger partial charge in [0.05, 0.1) is 11.9 Å². The van der Waals surface area contributed by atoms with E-state index in [4.69, 9.17) is 23.2 Å². The molecule has 1 fully saturated rings. The van der Waals surface area contributed by atoms with Gasteiger partial charge in [-0.1, -0.05) is 53.5 Å². The van der Waals surface area contributed by atoms with E-state index in [9.17, 15) is 18.0 Å². The Balaban J connectivity index is 1.42. The first-order valence-corrected chi connectivity index (χ1v) is 15.8. The number of fused-ring (bicyclic) bond motifs is 1. The molecule has 2 aliphatic heterocycles. The van der Waals surface area contributed by atoms with Crippen molar-refractivity contribution in [3.05, 3.63) is 88.8 Å². The Morgan fingerprint density at radius 1 is 0.953 bits per heavy atom. The van der Waals surface area contributed by atoms with Gasteiger partial charge in [-0.05, 0) is 47.9 Å². The number of imidazole rings is 1.